The SMILES string of the molecule is Cc1nc(C(=O)N2CC[C@@]3(C[C@H](NS(C)(=O)=O)CCO3)C2)cs1. The summed E-state index contributed by atoms with van der Waals surface area (Å²) in [5, 5.41) is 2.65. The van der Waals surface area contributed by atoms with Crippen LogP contribution >= 0.6 is 11.3 Å². The van der Waals surface area contributed by atoms with Gasteiger partial charge in [0, 0.05) is 24.6 Å². The fourth-order valence-corrected chi connectivity index (χ4v) is 4.75. The lowest BCUT2D eigenvalue weighted by atomic mass is 9.90. The van der Waals surface area contributed by atoms with Crippen LogP contribution in [0.25, 0.3) is 0 Å². The van der Waals surface area contributed by atoms with E-state index >= 15 is 0 Å². The van der Waals surface area contributed by atoms with Crippen LogP contribution in [-0.4, -0.2) is 61.8 Å². The molecule has 1 spiro atoms. The molecule has 0 aromatic carbocycles. The van der Waals surface area contributed by atoms with Crippen LogP contribution in [0.2, 0.25) is 0 Å². The number of nitrogens with one attached hydrogen (secondary N) is 1. The highest BCUT2D eigenvalue weighted by atomic mass is 32.2. The smallest absolute Gasteiger partial charge is 0.273 e. The molecule has 0 unspecified atom stereocenters. The molecule has 0 aliphatic carbocycles. The number of likely N-dealkylation sites (tertiary alicyclic amines) is 1. The number of hydrogen-bond acceptors (Lipinski definition) is 6. The van der Waals surface area contributed by atoms with E-state index in [0.717, 1.165) is 11.4 Å². The number of aryl methyl sites for hydroxylation is 1. The molecule has 0 bridgehead atoms. The molecule has 2 saturated heterocycles. The lowest BCUT2D eigenvalue weighted by Gasteiger charge is -2.38. The van der Waals surface area contributed by atoms with E-state index in [0.29, 0.717) is 38.2 Å². The van der Waals surface area contributed by atoms with Crippen molar-refractivity contribution in [2.45, 2.75) is 37.8 Å². The normalized spacial score (nSPS) is 28.4. The Bertz CT molecular complexity index is 703. The molecule has 9 heteroatoms. The lowest BCUT2D eigenvalue weighted by Crippen LogP contribution is -2.50. The quantitative estimate of drug-likeness (QED) is 0.861. The molecule has 0 radical (unpaired) electrons. The van der Waals surface area contributed by atoms with E-state index in [1.165, 1.54) is 17.6 Å². The molecule has 2 fully saturated rings. The Balaban J connectivity index is 1.67. The van der Waals surface area contributed by atoms with E-state index in [-0.39, 0.29) is 11.9 Å². The predicted molar refractivity (Wildman–Crippen MR) is 87.1 cm³/mol. The Kier molecular flexibility index (Phi) is 4.47. The standard InChI is InChI=1S/C14H21N3O4S2/c1-10-15-12(8-22-10)13(18)17-5-4-14(9-17)7-11(3-6-21-14)16-23(2,19)20/h8,11,16H,3-7,9H2,1-2H3/t11-,14-/m1/s1. The van der Waals surface area contributed by atoms with Crippen molar-refractivity contribution in [3.05, 3.63) is 16.1 Å². The van der Waals surface area contributed by atoms with Gasteiger partial charge in [-0.25, -0.2) is 18.1 Å². The van der Waals surface area contributed by atoms with Gasteiger partial charge in [0.1, 0.15) is 5.69 Å². The van der Waals surface area contributed by atoms with Gasteiger partial charge in [0.05, 0.1) is 23.4 Å². The number of carbonyl (C=O) groups is 1. The minimum atomic E-state index is -3.23. The van der Waals surface area contributed by atoms with E-state index in [2.05, 4.69) is 9.71 Å². The van der Waals surface area contributed by atoms with Gasteiger partial charge >= 0.3 is 0 Å². The Morgan fingerprint density at radius 2 is 2.35 bits per heavy atom. The molecule has 7 nitrogen and oxygen atoms in total. The number of nitrogens with zero attached hydrogens (tertiary/aromatic N) is 2. The van der Waals surface area contributed by atoms with E-state index in [9.17, 15) is 13.2 Å². The summed E-state index contributed by atoms with van der Waals surface area (Å²) in [6.07, 6.45) is 3.15. The van der Waals surface area contributed by atoms with Crippen molar-refractivity contribution in [3.8, 4) is 0 Å². The third-order valence-corrected chi connectivity index (χ3v) is 5.85. The van der Waals surface area contributed by atoms with Gasteiger partial charge in [0.25, 0.3) is 5.91 Å². The van der Waals surface area contributed by atoms with Gasteiger partial charge in [0.15, 0.2) is 0 Å². The molecule has 3 heterocycles. The summed E-state index contributed by atoms with van der Waals surface area (Å²) < 4.78 is 31.5. The number of carbonyl (C=O) groups excluding carboxylic acids is 1. The molecule has 23 heavy (non-hydrogen) atoms. The number of aromatic nitrogens is 1. The molecule has 2 aliphatic rings. The number of rotatable bonds is 3. The van der Waals surface area contributed by atoms with E-state index < -0.39 is 15.6 Å². The van der Waals surface area contributed by atoms with Gasteiger partial charge in [-0.05, 0) is 26.2 Å². The second-order valence-corrected chi connectivity index (χ2v) is 9.18. The van der Waals surface area contributed by atoms with Gasteiger partial charge in [-0.2, -0.15) is 0 Å². The minimum Gasteiger partial charge on any atom is -0.373 e. The van der Waals surface area contributed by atoms with Crippen molar-refractivity contribution >= 4 is 27.3 Å². The van der Waals surface area contributed by atoms with Crippen molar-refractivity contribution in [2.24, 2.45) is 0 Å². The Morgan fingerprint density at radius 3 is 3.00 bits per heavy atom. The molecule has 128 valence electrons. The van der Waals surface area contributed by atoms with Gasteiger partial charge in [-0.15, -0.1) is 11.3 Å². The van der Waals surface area contributed by atoms with E-state index in [1.807, 2.05) is 6.92 Å². The van der Waals surface area contributed by atoms with Crippen molar-refractivity contribution in [1.82, 2.24) is 14.6 Å². The molecule has 1 aromatic heterocycles. The van der Waals surface area contributed by atoms with Crippen LogP contribution in [0.1, 0.15) is 34.8 Å². The Labute approximate surface area is 140 Å². The third-order valence-electron chi connectivity index (χ3n) is 4.32. The van der Waals surface area contributed by atoms with Gasteiger partial charge < -0.3 is 9.64 Å². The van der Waals surface area contributed by atoms with Crippen LogP contribution in [0.5, 0.6) is 0 Å². The first kappa shape index (κ1) is 16.8. The highest BCUT2D eigenvalue weighted by molar-refractivity contribution is 7.88. The average molecular weight is 359 g/mol. The van der Waals surface area contributed by atoms with Crippen molar-refractivity contribution in [2.75, 3.05) is 26.0 Å². The summed E-state index contributed by atoms with van der Waals surface area (Å²) >= 11 is 1.46. The van der Waals surface area contributed by atoms with Crippen LogP contribution in [0.3, 0.4) is 0 Å². The first-order valence-corrected chi connectivity index (χ1v) is 10.4. The average Bonchev–Trinajstić information content (AvgIpc) is 3.04. The molecule has 1 N–H and O–H groups in total. The number of thiazole rings is 1. The fourth-order valence-electron chi connectivity index (χ4n) is 3.36. The molecule has 1 amide bonds. The van der Waals surface area contributed by atoms with Crippen LogP contribution < -0.4 is 4.72 Å². The summed E-state index contributed by atoms with van der Waals surface area (Å²) in [6, 6.07) is -0.129. The maximum Gasteiger partial charge on any atom is 0.273 e. The molecule has 2 aliphatic heterocycles. The number of hydrogen-bond donors (Lipinski definition) is 1. The lowest BCUT2D eigenvalue weighted by molar-refractivity contribution is -0.0763. The summed E-state index contributed by atoms with van der Waals surface area (Å²) in [4.78, 5) is 18.5. The van der Waals surface area contributed by atoms with E-state index in [1.54, 1.807) is 10.3 Å². The zero-order valence-electron chi connectivity index (χ0n) is 13.2. The number of sulfonamides is 1. The monoisotopic (exact) mass is 359 g/mol. The van der Waals surface area contributed by atoms with Crippen LogP contribution in [0.15, 0.2) is 5.38 Å². The Morgan fingerprint density at radius 1 is 1.57 bits per heavy atom. The van der Waals surface area contributed by atoms with Crippen LogP contribution in [-0.2, 0) is 14.8 Å². The first-order valence-electron chi connectivity index (χ1n) is 7.59. The zero-order valence-corrected chi connectivity index (χ0v) is 14.9. The second-order valence-electron chi connectivity index (χ2n) is 6.34. The predicted octanol–water partition coefficient (Wildman–Crippen LogP) is 0.764. The molecule has 2 atom stereocenters. The highest BCUT2D eigenvalue weighted by Crippen LogP contribution is 2.35. The van der Waals surface area contributed by atoms with Gasteiger partial charge in [0.2, 0.25) is 10.0 Å². The maximum absolute atomic E-state index is 12.5. The summed E-state index contributed by atoms with van der Waals surface area (Å²) in [7, 11) is -3.23. The zero-order chi connectivity index (χ0) is 16.7. The van der Waals surface area contributed by atoms with Crippen molar-refractivity contribution < 1.29 is 17.9 Å². The topological polar surface area (TPSA) is 88.6 Å². The minimum absolute atomic E-state index is 0.0759. The molecule has 0 saturated carbocycles. The summed E-state index contributed by atoms with van der Waals surface area (Å²) in [5.74, 6) is -0.0759. The van der Waals surface area contributed by atoms with Gasteiger partial charge in [-0.1, -0.05) is 0 Å². The van der Waals surface area contributed by atoms with Crippen LogP contribution in [0.4, 0.5) is 0 Å². The molecular weight excluding hydrogens is 338 g/mol. The van der Waals surface area contributed by atoms with E-state index in [4.69, 9.17) is 4.74 Å². The van der Waals surface area contributed by atoms with Crippen molar-refractivity contribution in [1.29, 1.82) is 0 Å². The van der Waals surface area contributed by atoms with Gasteiger partial charge in [-0.3, -0.25) is 4.79 Å². The third kappa shape index (κ3) is 3.90. The number of amides is 1. The van der Waals surface area contributed by atoms with Crippen molar-refractivity contribution in [3.63, 3.8) is 0 Å². The Hall–Kier alpha value is -1.03. The highest BCUT2D eigenvalue weighted by Gasteiger charge is 2.45. The molecular formula is C14H21N3O4S2. The molecule has 3 rings (SSSR count). The summed E-state index contributed by atoms with van der Waals surface area (Å²) in [5.41, 5.74) is 0.0348. The second kappa shape index (κ2) is 6.12. The summed E-state index contributed by atoms with van der Waals surface area (Å²) in [6.45, 7) is 3.48. The maximum atomic E-state index is 12.5. The van der Waals surface area contributed by atoms with Crippen LogP contribution in [0, 0.1) is 6.92 Å². The fraction of sp³-hybridized carbons (Fsp3) is 0.714. The molecule has 1 aromatic rings. The first-order chi connectivity index (χ1) is 10.8. The number of ether oxygens (including phenoxy) is 1. The largest absolute Gasteiger partial charge is 0.373 e.